The molecule has 0 spiro atoms. The van der Waals surface area contributed by atoms with Gasteiger partial charge in [0.25, 0.3) is 5.91 Å². The van der Waals surface area contributed by atoms with E-state index in [0.29, 0.717) is 28.3 Å². The van der Waals surface area contributed by atoms with Crippen LogP contribution in [-0.2, 0) is 14.8 Å². The van der Waals surface area contributed by atoms with Crippen molar-refractivity contribution in [3.05, 3.63) is 83.2 Å². The number of hydrogen-bond acceptors (Lipinski definition) is 10. The summed E-state index contributed by atoms with van der Waals surface area (Å²) >= 11 is 0. The fraction of sp³-hybridized carbons (Fsp3) is 0.296. The molecule has 5 rings (SSSR count). The van der Waals surface area contributed by atoms with Gasteiger partial charge in [-0.1, -0.05) is 24.3 Å². The average Bonchev–Trinajstić information content (AvgIpc) is 3.53. The second-order valence-electron chi connectivity index (χ2n) is 9.35. The lowest BCUT2D eigenvalue weighted by Gasteiger charge is -2.23. The normalized spacial score (nSPS) is 16.0. The van der Waals surface area contributed by atoms with Crippen molar-refractivity contribution in [2.24, 2.45) is 0 Å². The molecule has 2 aromatic carbocycles. The van der Waals surface area contributed by atoms with Crippen LogP contribution in [-0.4, -0.2) is 65.6 Å². The Labute approximate surface area is 237 Å². The minimum Gasteiger partial charge on any atom is -0.494 e. The van der Waals surface area contributed by atoms with Gasteiger partial charge in [0.15, 0.2) is 11.6 Å². The molecule has 0 bridgehead atoms. The van der Waals surface area contributed by atoms with Crippen LogP contribution >= 0.6 is 0 Å². The van der Waals surface area contributed by atoms with Crippen LogP contribution in [0.5, 0.6) is 11.5 Å². The number of carbonyl (C=O) groups is 1. The summed E-state index contributed by atoms with van der Waals surface area (Å²) < 4.78 is 48.3. The van der Waals surface area contributed by atoms with Crippen LogP contribution in [0.4, 0.5) is 5.95 Å². The lowest BCUT2D eigenvalue weighted by molar-refractivity contribution is 0.0949. The minimum absolute atomic E-state index is 0.145. The van der Waals surface area contributed by atoms with E-state index in [1.54, 1.807) is 54.9 Å². The standard InChI is InChI=1S/C27H29N7O6S/c1-15-13-28-24(29-14-15)23(40-5)16(2)41(36,37)33-27-32-31-25(21-17-9-6-7-10-18(17)26(35)30-21)34(27)22-19(38-3)11-8-12-20(22)39-4/h6-14,16,21,23H,1-5H3,(H,30,35)(H,32,33)/t16-,21+,23-/m0/s1. The third kappa shape index (κ3) is 5.07. The number of nitrogens with zero attached hydrogens (tertiary/aromatic N) is 5. The van der Waals surface area contributed by atoms with Gasteiger partial charge in [-0.2, -0.15) is 0 Å². The second kappa shape index (κ2) is 11.1. The number of aromatic nitrogens is 5. The van der Waals surface area contributed by atoms with Crippen LogP contribution in [0.15, 0.2) is 54.9 Å². The average molecular weight is 580 g/mol. The highest BCUT2D eigenvalue weighted by Crippen LogP contribution is 2.39. The largest absolute Gasteiger partial charge is 0.494 e. The Kier molecular flexibility index (Phi) is 7.60. The Hall–Kier alpha value is -4.56. The number of para-hydroxylation sites is 1. The van der Waals surface area contributed by atoms with Crippen molar-refractivity contribution in [2.75, 3.05) is 26.1 Å². The number of sulfonamides is 1. The van der Waals surface area contributed by atoms with E-state index in [4.69, 9.17) is 14.2 Å². The molecular weight excluding hydrogens is 550 g/mol. The van der Waals surface area contributed by atoms with Gasteiger partial charge in [0, 0.05) is 25.1 Å². The van der Waals surface area contributed by atoms with E-state index in [0.717, 1.165) is 5.56 Å². The highest BCUT2D eigenvalue weighted by molar-refractivity contribution is 7.93. The molecule has 0 radical (unpaired) electrons. The summed E-state index contributed by atoms with van der Waals surface area (Å²) in [5.41, 5.74) is 2.31. The van der Waals surface area contributed by atoms with Crippen LogP contribution in [0.2, 0.25) is 0 Å². The van der Waals surface area contributed by atoms with Crippen LogP contribution in [0, 0.1) is 6.92 Å². The molecule has 214 valence electrons. The molecule has 4 aromatic rings. The summed E-state index contributed by atoms with van der Waals surface area (Å²) in [6.07, 6.45) is 2.20. The Balaban J connectivity index is 1.63. The van der Waals surface area contributed by atoms with Gasteiger partial charge in [0.1, 0.15) is 34.6 Å². The molecule has 0 saturated carbocycles. The van der Waals surface area contributed by atoms with Crippen molar-refractivity contribution < 1.29 is 27.4 Å². The van der Waals surface area contributed by atoms with Crippen LogP contribution in [0.1, 0.15) is 52.2 Å². The zero-order valence-electron chi connectivity index (χ0n) is 23.0. The van der Waals surface area contributed by atoms with Gasteiger partial charge in [0.2, 0.25) is 16.0 Å². The summed E-state index contributed by atoms with van der Waals surface area (Å²) in [6, 6.07) is 11.5. The third-order valence-electron chi connectivity index (χ3n) is 6.82. The van der Waals surface area contributed by atoms with Gasteiger partial charge in [-0.25, -0.2) is 18.4 Å². The number of benzene rings is 2. The van der Waals surface area contributed by atoms with Gasteiger partial charge in [0.05, 0.1) is 14.2 Å². The fourth-order valence-corrected chi connectivity index (χ4v) is 5.84. The zero-order valence-corrected chi connectivity index (χ0v) is 23.8. The SMILES string of the molecule is COc1cccc(OC)c1-n1c(NS(=O)(=O)[C@@H](C)[C@H](OC)c2ncc(C)cn2)nnc1[C@@H]1NC(=O)c2ccccc21. The van der Waals surface area contributed by atoms with Crippen LogP contribution in [0.25, 0.3) is 5.69 Å². The lowest BCUT2D eigenvalue weighted by Crippen LogP contribution is -2.33. The summed E-state index contributed by atoms with van der Waals surface area (Å²) in [4.78, 5) is 21.3. The molecule has 3 heterocycles. The van der Waals surface area contributed by atoms with E-state index < -0.39 is 27.4 Å². The first-order valence-corrected chi connectivity index (χ1v) is 14.1. The molecule has 14 heteroatoms. The molecular formula is C27H29N7O6S. The number of nitrogens with one attached hydrogen (secondary N) is 2. The van der Waals surface area contributed by atoms with Gasteiger partial charge in [-0.15, -0.1) is 10.2 Å². The third-order valence-corrected chi connectivity index (χ3v) is 8.52. The number of fused-ring (bicyclic) bond motifs is 1. The molecule has 1 aliphatic heterocycles. The van der Waals surface area contributed by atoms with E-state index in [9.17, 15) is 13.2 Å². The molecule has 0 aliphatic carbocycles. The number of rotatable bonds is 10. The van der Waals surface area contributed by atoms with Crippen molar-refractivity contribution in [2.45, 2.75) is 31.2 Å². The molecule has 13 nitrogen and oxygen atoms in total. The number of methoxy groups -OCH3 is 3. The van der Waals surface area contributed by atoms with E-state index in [2.05, 4.69) is 30.2 Å². The minimum atomic E-state index is -4.18. The Morgan fingerprint density at radius 3 is 2.27 bits per heavy atom. The topological polar surface area (TPSA) is 159 Å². The Morgan fingerprint density at radius 2 is 1.63 bits per heavy atom. The van der Waals surface area contributed by atoms with Crippen molar-refractivity contribution in [1.82, 2.24) is 30.0 Å². The predicted octanol–water partition coefficient (Wildman–Crippen LogP) is 2.73. The molecule has 1 amide bonds. The number of amides is 1. The van der Waals surface area contributed by atoms with Crippen molar-refractivity contribution in [3.8, 4) is 17.2 Å². The number of ether oxygens (including phenoxy) is 3. The maximum absolute atomic E-state index is 13.8. The quantitative estimate of drug-likeness (QED) is 0.286. The van der Waals surface area contributed by atoms with E-state index in [1.165, 1.54) is 32.8 Å². The fourth-order valence-electron chi connectivity index (χ4n) is 4.71. The molecule has 3 atom stereocenters. The van der Waals surface area contributed by atoms with Crippen LogP contribution in [0.3, 0.4) is 0 Å². The molecule has 0 saturated heterocycles. The van der Waals surface area contributed by atoms with E-state index >= 15 is 0 Å². The van der Waals surface area contributed by atoms with Crippen molar-refractivity contribution in [1.29, 1.82) is 0 Å². The molecule has 0 fully saturated rings. The van der Waals surface area contributed by atoms with Crippen molar-refractivity contribution >= 4 is 21.9 Å². The Bertz CT molecular complexity index is 1670. The first kappa shape index (κ1) is 28.0. The first-order chi connectivity index (χ1) is 19.7. The first-order valence-electron chi connectivity index (χ1n) is 12.6. The molecule has 1 aliphatic rings. The maximum atomic E-state index is 13.8. The lowest BCUT2D eigenvalue weighted by atomic mass is 10.0. The number of aryl methyl sites for hydroxylation is 1. The molecule has 0 unspecified atom stereocenters. The monoisotopic (exact) mass is 579 g/mol. The zero-order chi connectivity index (χ0) is 29.3. The predicted molar refractivity (Wildman–Crippen MR) is 149 cm³/mol. The van der Waals surface area contributed by atoms with Gasteiger partial charge in [-0.3, -0.25) is 14.1 Å². The van der Waals surface area contributed by atoms with Gasteiger partial charge < -0.3 is 19.5 Å². The van der Waals surface area contributed by atoms with E-state index in [-0.39, 0.29) is 23.5 Å². The highest BCUT2D eigenvalue weighted by Gasteiger charge is 2.38. The molecule has 2 aromatic heterocycles. The number of hydrogen-bond donors (Lipinski definition) is 2. The number of anilines is 1. The second-order valence-corrected chi connectivity index (χ2v) is 11.4. The van der Waals surface area contributed by atoms with Crippen molar-refractivity contribution in [3.63, 3.8) is 0 Å². The summed E-state index contributed by atoms with van der Waals surface area (Å²) in [7, 11) is 0.164. The van der Waals surface area contributed by atoms with Gasteiger partial charge in [-0.05, 0) is 43.2 Å². The van der Waals surface area contributed by atoms with Crippen LogP contribution < -0.4 is 19.5 Å². The smallest absolute Gasteiger partial charge is 0.252 e. The highest BCUT2D eigenvalue weighted by atomic mass is 32.2. The summed E-state index contributed by atoms with van der Waals surface area (Å²) in [5, 5.41) is 10.3. The molecule has 2 N–H and O–H groups in total. The molecule has 41 heavy (non-hydrogen) atoms. The summed E-state index contributed by atoms with van der Waals surface area (Å²) in [5.74, 6) is 0.743. The Morgan fingerprint density at radius 1 is 0.976 bits per heavy atom. The van der Waals surface area contributed by atoms with Gasteiger partial charge >= 0.3 is 0 Å². The maximum Gasteiger partial charge on any atom is 0.252 e. The summed E-state index contributed by atoms with van der Waals surface area (Å²) in [6.45, 7) is 3.31. The number of carbonyl (C=O) groups excluding carboxylic acids is 1. The van der Waals surface area contributed by atoms with E-state index in [1.807, 2.05) is 6.92 Å².